The number of carboxylic acid groups (broad SMARTS) is 1. The standard InChI is InChI=1S/C11H15NO3S/c1-2-4-7-9(11(13)14)16-10(12-7)8-5-3-6-15-8/h8H,2-6H2,1H3,(H,13,14). The van der Waals surface area contributed by atoms with Gasteiger partial charge >= 0.3 is 5.97 Å². The molecule has 88 valence electrons. The Balaban J connectivity index is 2.26. The number of hydrogen-bond acceptors (Lipinski definition) is 4. The van der Waals surface area contributed by atoms with E-state index in [9.17, 15) is 4.79 Å². The molecule has 0 aliphatic carbocycles. The first-order valence-corrected chi connectivity index (χ1v) is 6.38. The summed E-state index contributed by atoms with van der Waals surface area (Å²) in [7, 11) is 0. The minimum absolute atomic E-state index is 0.0220. The van der Waals surface area contributed by atoms with Crippen LogP contribution >= 0.6 is 11.3 Å². The summed E-state index contributed by atoms with van der Waals surface area (Å²) in [6.07, 6.45) is 3.65. The summed E-state index contributed by atoms with van der Waals surface area (Å²) in [5.74, 6) is -0.870. The highest BCUT2D eigenvalue weighted by molar-refractivity contribution is 7.13. The van der Waals surface area contributed by atoms with Gasteiger partial charge in [0.05, 0.1) is 5.69 Å². The van der Waals surface area contributed by atoms with Crippen molar-refractivity contribution >= 4 is 17.3 Å². The predicted octanol–water partition coefficient (Wildman–Crippen LogP) is 2.65. The molecule has 1 aliphatic heterocycles. The minimum Gasteiger partial charge on any atom is -0.477 e. The van der Waals surface area contributed by atoms with Crippen LogP contribution in [-0.4, -0.2) is 22.7 Å². The van der Waals surface area contributed by atoms with Crippen LogP contribution in [0.25, 0.3) is 0 Å². The van der Waals surface area contributed by atoms with Crippen molar-refractivity contribution in [3.05, 3.63) is 15.6 Å². The Morgan fingerprint density at radius 1 is 1.69 bits per heavy atom. The van der Waals surface area contributed by atoms with Gasteiger partial charge in [0.2, 0.25) is 0 Å². The van der Waals surface area contributed by atoms with E-state index in [1.807, 2.05) is 6.92 Å². The lowest BCUT2D eigenvalue weighted by Crippen LogP contribution is -1.98. The van der Waals surface area contributed by atoms with E-state index in [0.717, 1.165) is 37.3 Å². The van der Waals surface area contributed by atoms with Crippen LogP contribution in [0.1, 0.15) is 52.7 Å². The Kier molecular flexibility index (Phi) is 3.56. The van der Waals surface area contributed by atoms with E-state index in [0.29, 0.717) is 10.6 Å². The van der Waals surface area contributed by atoms with Crippen molar-refractivity contribution in [1.82, 2.24) is 4.98 Å². The number of rotatable bonds is 4. The molecule has 4 nitrogen and oxygen atoms in total. The molecule has 0 aromatic carbocycles. The maximum absolute atomic E-state index is 11.1. The highest BCUT2D eigenvalue weighted by atomic mass is 32.1. The molecule has 0 bridgehead atoms. The van der Waals surface area contributed by atoms with Crippen LogP contribution in [0.3, 0.4) is 0 Å². The molecule has 0 radical (unpaired) electrons. The number of thiazole rings is 1. The van der Waals surface area contributed by atoms with E-state index in [4.69, 9.17) is 9.84 Å². The number of hydrogen-bond donors (Lipinski definition) is 1. The predicted molar refractivity (Wildman–Crippen MR) is 61.0 cm³/mol. The van der Waals surface area contributed by atoms with Crippen LogP contribution in [0, 0.1) is 0 Å². The van der Waals surface area contributed by atoms with E-state index in [1.165, 1.54) is 11.3 Å². The Bertz CT molecular complexity index is 383. The fraction of sp³-hybridized carbons (Fsp3) is 0.636. The van der Waals surface area contributed by atoms with Gasteiger partial charge in [0, 0.05) is 6.61 Å². The van der Waals surface area contributed by atoms with Gasteiger partial charge in [-0.15, -0.1) is 11.3 Å². The van der Waals surface area contributed by atoms with Crippen LogP contribution in [0.5, 0.6) is 0 Å². The van der Waals surface area contributed by atoms with Crippen LogP contribution in [0.4, 0.5) is 0 Å². The van der Waals surface area contributed by atoms with Gasteiger partial charge in [-0.2, -0.15) is 0 Å². The maximum Gasteiger partial charge on any atom is 0.347 e. The second-order valence-electron chi connectivity index (χ2n) is 3.88. The van der Waals surface area contributed by atoms with Gasteiger partial charge in [0.15, 0.2) is 0 Å². The molecule has 1 aliphatic rings. The molecule has 2 heterocycles. The number of aromatic carboxylic acids is 1. The Labute approximate surface area is 98.3 Å². The van der Waals surface area contributed by atoms with E-state index in [-0.39, 0.29) is 6.10 Å². The largest absolute Gasteiger partial charge is 0.477 e. The van der Waals surface area contributed by atoms with Gasteiger partial charge in [-0.05, 0) is 19.3 Å². The molecular weight excluding hydrogens is 226 g/mol. The Morgan fingerprint density at radius 3 is 3.06 bits per heavy atom. The van der Waals surface area contributed by atoms with Crippen molar-refractivity contribution in [2.24, 2.45) is 0 Å². The molecule has 16 heavy (non-hydrogen) atoms. The zero-order valence-corrected chi connectivity index (χ0v) is 10.0. The molecule has 1 atom stereocenters. The molecule has 1 aromatic heterocycles. The van der Waals surface area contributed by atoms with Gasteiger partial charge in [-0.3, -0.25) is 0 Å². The fourth-order valence-electron chi connectivity index (χ4n) is 1.85. The van der Waals surface area contributed by atoms with Crippen LogP contribution < -0.4 is 0 Å². The van der Waals surface area contributed by atoms with Gasteiger partial charge < -0.3 is 9.84 Å². The normalized spacial score (nSPS) is 20.2. The first-order chi connectivity index (χ1) is 7.72. The average molecular weight is 241 g/mol. The van der Waals surface area contributed by atoms with Crippen LogP contribution in [0.15, 0.2) is 0 Å². The summed E-state index contributed by atoms with van der Waals surface area (Å²) in [6, 6.07) is 0. The lowest BCUT2D eigenvalue weighted by atomic mass is 10.2. The zero-order valence-electron chi connectivity index (χ0n) is 9.23. The van der Waals surface area contributed by atoms with Crippen molar-refractivity contribution < 1.29 is 14.6 Å². The number of ether oxygens (including phenoxy) is 1. The monoisotopic (exact) mass is 241 g/mol. The first kappa shape index (κ1) is 11.5. The number of aromatic nitrogens is 1. The van der Waals surface area contributed by atoms with Gasteiger partial charge in [-0.1, -0.05) is 13.3 Å². The number of carboxylic acids is 1. The lowest BCUT2D eigenvalue weighted by Gasteiger charge is -2.03. The SMILES string of the molecule is CCCc1nc(C2CCCO2)sc1C(=O)O. The van der Waals surface area contributed by atoms with Crippen molar-refractivity contribution in [2.75, 3.05) is 6.61 Å². The van der Waals surface area contributed by atoms with Gasteiger partial charge in [0.25, 0.3) is 0 Å². The molecule has 1 unspecified atom stereocenters. The van der Waals surface area contributed by atoms with E-state index < -0.39 is 5.97 Å². The molecule has 1 saturated heterocycles. The molecule has 0 saturated carbocycles. The first-order valence-electron chi connectivity index (χ1n) is 5.57. The molecule has 1 aromatic rings. The quantitative estimate of drug-likeness (QED) is 0.880. The lowest BCUT2D eigenvalue weighted by molar-refractivity contribution is 0.0700. The van der Waals surface area contributed by atoms with Crippen molar-refractivity contribution in [3.63, 3.8) is 0 Å². The number of carbonyl (C=O) groups is 1. The van der Waals surface area contributed by atoms with E-state index >= 15 is 0 Å². The fourth-order valence-corrected chi connectivity index (χ4v) is 2.89. The van der Waals surface area contributed by atoms with Crippen LogP contribution in [0.2, 0.25) is 0 Å². The third kappa shape index (κ3) is 2.25. The summed E-state index contributed by atoms with van der Waals surface area (Å²) >= 11 is 1.27. The minimum atomic E-state index is -0.870. The van der Waals surface area contributed by atoms with Gasteiger partial charge in [-0.25, -0.2) is 9.78 Å². The number of nitrogens with zero attached hydrogens (tertiary/aromatic N) is 1. The second kappa shape index (κ2) is 4.93. The van der Waals surface area contributed by atoms with Crippen molar-refractivity contribution in [1.29, 1.82) is 0 Å². The molecule has 0 spiro atoms. The summed E-state index contributed by atoms with van der Waals surface area (Å²) in [5.41, 5.74) is 0.713. The molecule has 1 N–H and O–H groups in total. The van der Waals surface area contributed by atoms with Crippen molar-refractivity contribution in [2.45, 2.75) is 38.7 Å². The van der Waals surface area contributed by atoms with E-state index in [1.54, 1.807) is 0 Å². The average Bonchev–Trinajstić information content (AvgIpc) is 2.83. The smallest absolute Gasteiger partial charge is 0.347 e. The summed E-state index contributed by atoms with van der Waals surface area (Å²) in [4.78, 5) is 15.9. The molecule has 2 rings (SSSR count). The van der Waals surface area contributed by atoms with Crippen LogP contribution in [-0.2, 0) is 11.2 Å². The van der Waals surface area contributed by atoms with Crippen molar-refractivity contribution in [3.8, 4) is 0 Å². The topological polar surface area (TPSA) is 59.4 Å². The summed E-state index contributed by atoms with van der Waals surface area (Å²) in [6.45, 7) is 2.78. The molecular formula is C11H15NO3S. The Morgan fingerprint density at radius 2 is 2.50 bits per heavy atom. The Hall–Kier alpha value is -0.940. The highest BCUT2D eigenvalue weighted by Gasteiger charge is 2.25. The van der Waals surface area contributed by atoms with Gasteiger partial charge in [0.1, 0.15) is 16.0 Å². The zero-order chi connectivity index (χ0) is 11.5. The molecule has 1 fully saturated rings. The molecule has 5 heteroatoms. The number of aryl methyl sites for hydroxylation is 1. The third-order valence-electron chi connectivity index (χ3n) is 2.60. The maximum atomic E-state index is 11.1. The van der Waals surface area contributed by atoms with E-state index in [2.05, 4.69) is 4.98 Å². The third-order valence-corrected chi connectivity index (χ3v) is 3.78. The summed E-state index contributed by atoms with van der Waals surface area (Å²) < 4.78 is 5.52. The summed E-state index contributed by atoms with van der Waals surface area (Å²) in [5, 5.41) is 9.91. The second-order valence-corrected chi connectivity index (χ2v) is 4.92. The molecule has 0 amide bonds. The highest BCUT2D eigenvalue weighted by Crippen LogP contribution is 2.33.